The van der Waals surface area contributed by atoms with E-state index in [0.29, 0.717) is 4.47 Å². The van der Waals surface area contributed by atoms with Crippen LogP contribution in [0.5, 0.6) is 0 Å². The van der Waals surface area contributed by atoms with Gasteiger partial charge in [0.05, 0.1) is 11.3 Å². The van der Waals surface area contributed by atoms with Crippen molar-refractivity contribution in [2.75, 3.05) is 0 Å². The average Bonchev–Trinajstić information content (AvgIpc) is 2.77. The molecule has 1 unspecified atom stereocenters. The number of furan rings is 1. The molecule has 84 valence electrons. The molecule has 0 aliphatic heterocycles. The van der Waals surface area contributed by atoms with E-state index in [4.69, 9.17) is 16.0 Å². The largest absolute Gasteiger partial charge is 0.466 e. The lowest BCUT2D eigenvalue weighted by molar-refractivity contribution is 0.185. The van der Waals surface area contributed by atoms with Gasteiger partial charge in [-0.05, 0) is 40.2 Å². The van der Waals surface area contributed by atoms with Gasteiger partial charge in [0.1, 0.15) is 17.7 Å². The fourth-order valence-corrected chi connectivity index (χ4v) is 1.98. The minimum absolute atomic E-state index is 0.00555. The Labute approximate surface area is 105 Å². The van der Waals surface area contributed by atoms with Crippen molar-refractivity contribution in [1.29, 1.82) is 0 Å². The van der Waals surface area contributed by atoms with Gasteiger partial charge in [-0.15, -0.1) is 0 Å². The summed E-state index contributed by atoms with van der Waals surface area (Å²) >= 11 is 9.09. The van der Waals surface area contributed by atoms with Crippen LogP contribution in [0, 0.1) is 5.82 Å². The van der Waals surface area contributed by atoms with Crippen molar-refractivity contribution in [2.45, 2.75) is 6.10 Å². The third-order valence-corrected chi connectivity index (χ3v) is 3.46. The van der Waals surface area contributed by atoms with Gasteiger partial charge in [-0.1, -0.05) is 11.6 Å². The number of hydrogen-bond acceptors (Lipinski definition) is 2. The minimum Gasteiger partial charge on any atom is -0.466 e. The molecule has 1 N–H and O–H groups in total. The van der Waals surface area contributed by atoms with E-state index >= 15 is 0 Å². The van der Waals surface area contributed by atoms with E-state index < -0.39 is 11.9 Å². The summed E-state index contributed by atoms with van der Waals surface area (Å²) in [4.78, 5) is 0. The normalized spacial score (nSPS) is 12.8. The Bertz CT molecular complexity index is 499. The van der Waals surface area contributed by atoms with Crippen LogP contribution in [0.15, 0.2) is 39.4 Å². The van der Waals surface area contributed by atoms with Crippen molar-refractivity contribution < 1.29 is 13.9 Å². The molecule has 0 saturated carbocycles. The second-order valence-electron chi connectivity index (χ2n) is 3.17. The van der Waals surface area contributed by atoms with Crippen LogP contribution in [-0.4, -0.2) is 5.11 Å². The number of aliphatic hydroxyl groups is 1. The Kier molecular flexibility index (Phi) is 3.33. The molecular weight excluding hydrogens is 298 g/mol. The van der Waals surface area contributed by atoms with Crippen LogP contribution < -0.4 is 0 Å². The molecule has 0 saturated heterocycles. The lowest BCUT2D eigenvalue weighted by Crippen LogP contribution is -2.02. The van der Waals surface area contributed by atoms with Crippen LogP contribution in [-0.2, 0) is 0 Å². The van der Waals surface area contributed by atoms with Crippen LogP contribution in [0.2, 0.25) is 5.02 Å². The first-order chi connectivity index (χ1) is 7.61. The maximum atomic E-state index is 13.6. The summed E-state index contributed by atoms with van der Waals surface area (Å²) in [5.74, 6) is -0.323. The molecule has 16 heavy (non-hydrogen) atoms. The van der Waals surface area contributed by atoms with E-state index in [0.717, 1.165) is 0 Å². The van der Waals surface area contributed by atoms with Crippen molar-refractivity contribution in [2.24, 2.45) is 0 Å². The number of halogens is 3. The zero-order valence-electron chi connectivity index (χ0n) is 7.95. The highest BCUT2D eigenvalue weighted by molar-refractivity contribution is 9.10. The van der Waals surface area contributed by atoms with Crippen LogP contribution in [0.3, 0.4) is 0 Å². The van der Waals surface area contributed by atoms with Gasteiger partial charge in [-0.2, -0.15) is 0 Å². The Morgan fingerprint density at radius 2 is 2.12 bits per heavy atom. The fourth-order valence-electron chi connectivity index (χ4n) is 1.38. The fraction of sp³-hybridized carbons (Fsp3) is 0.0909. The molecule has 0 amide bonds. The zero-order valence-corrected chi connectivity index (χ0v) is 10.3. The summed E-state index contributed by atoms with van der Waals surface area (Å²) in [7, 11) is 0. The molecule has 0 spiro atoms. The smallest absolute Gasteiger partial charge is 0.141 e. The molecule has 2 aromatic rings. The Morgan fingerprint density at radius 3 is 2.75 bits per heavy atom. The molecule has 0 aliphatic rings. The Hall–Kier alpha value is -0.840. The first-order valence-electron chi connectivity index (χ1n) is 4.46. The number of hydrogen-bond donors (Lipinski definition) is 1. The summed E-state index contributed by atoms with van der Waals surface area (Å²) < 4.78 is 19.1. The number of benzene rings is 1. The Morgan fingerprint density at radius 1 is 1.38 bits per heavy atom. The molecule has 0 bridgehead atoms. The van der Waals surface area contributed by atoms with Gasteiger partial charge in [0.15, 0.2) is 0 Å². The number of rotatable bonds is 2. The Balaban J connectivity index is 2.52. The maximum absolute atomic E-state index is 13.6. The highest BCUT2D eigenvalue weighted by Crippen LogP contribution is 2.35. The molecule has 1 atom stereocenters. The van der Waals surface area contributed by atoms with Crippen molar-refractivity contribution in [3.8, 4) is 0 Å². The van der Waals surface area contributed by atoms with Gasteiger partial charge < -0.3 is 9.52 Å². The molecule has 2 rings (SSSR count). The average molecular weight is 306 g/mol. The van der Waals surface area contributed by atoms with E-state index in [1.165, 1.54) is 18.4 Å². The maximum Gasteiger partial charge on any atom is 0.141 e. The minimum atomic E-state index is -1.21. The third-order valence-electron chi connectivity index (χ3n) is 2.17. The van der Waals surface area contributed by atoms with E-state index in [9.17, 15) is 9.50 Å². The predicted molar refractivity (Wildman–Crippen MR) is 61.9 cm³/mol. The quantitative estimate of drug-likeness (QED) is 0.853. The van der Waals surface area contributed by atoms with Gasteiger partial charge in [0.2, 0.25) is 0 Å². The molecule has 0 radical (unpaired) electrons. The van der Waals surface area contributed by atoms with Gasteiger partial charge in [-0.25, -0.2) is 4.39 Å². The van der Waals surface area contributed by atoms with Gasteiger partial charge in [0.25, 0.3) is 0 Å². The number of aliphatic hydroxyl groups excluding tert-OH is 1. The second-order valence-corrected chi connectivity index (χ2v) is 4.41. The lowest BCUT2D eigenvalue weighted by Gasteiger charge is -2.12. The monoisotopic (exact) mass is 304 g/mol. The van der Waals surface area contributed by atoms with Crippen molar-refractivity contribution in [3.05, 3.63) is 57.2 Å². The van der Waals surface area contributed by atoms with E-state index in [1.807, 2.05) is 0 Å². The van der Waals surface area contributed by atoms with Crippen molar-refractivity contribution in [1.82, 2.24) is 0 Å². The van der Waals surface area contributed by atoms with E-state index in [1.54, 1.807) is 12.1 Å². The third kappa shape index (κ3) is 2.00. The van der Waals surface area contributed by atoms with Crippen molar-refractivity contribution >= 4 is 27.5 Å². The van der Waals surface area contributed by atoms with Gasteiger partial charge in [0, 0.05) is 10.0 Å². The van der Waals surface area contributed by atoms with Crippen LogP contribution in [0.4, 0.5) is 4.39 Å². The summed E-state index contributed by atoms with van der Waals surface area (Å²) in [5.41, 5.74) is 0.00555. The summed E-state index contributed by atoms with van der Waals surface area (Å²) in [6, 6.07) is 5.89. The topological polar surface area (TPSA) is 33.4 Å². The first-order valence-corrected chi connectivity index (χ1v) is 5.63. The molecule has 1 heterocycles. The first kappa shape index (κ1) is 11.6. The lowest BCUT2D eigenvalue weighted by atomic mass is 10.1. The summed E-state index contributed by atoms with van der Waals surface area (Å²) in [5, 5.41) is 10.1. The molecule has 2 nitrogen and oxygen atoms in total. The molecule has 1 aromatic carbocycles. The van der Waals surface area contributed by atoms with Crippen molar-refractivity contribution in [3.63, 3.8) is 0 Å². The predicted octanol–water partition coefficient (Wildman–Crippen LogP) is 3.92. The highest BCUT2D eigenvalue weighted by atomic mass is 79.9. The summed E-state index contributed by atoms with van der Waals surface area (Å²) in [6.07, 6.45) is 0.197. The molecule has 0 aliphatic carbocycles. The van der Waals surface area contributed by atoms with Crippen LogP contribution in [0.25, 0.3) is 0 Å². The van der Waals surface area contributed by atoms with Crippen LogP contribution >= 0.6 is 27.5 Å². The van der Waals surface area contributed by atoms with Crippen LogP contribution in [0.1, 0.15) is 17.4 Å². The molecular formula is C11H7BrClFO2. The second kappa shape index (κ2) is 4.57. The molecule has 1 aromatic heterocycles. The highest BCUT2D eigenvalue weighted by Gasteiger charge is 2.22. The summed E-state index contributed by atoms with van der Waals surface area (Å²) in [6.45, 7) is 0. The SMILES string of the molecule is OC(c1ccco1)c1c(F)ccc(Br)c1Cl. The van der Waals surface area contributed by atoms with E-state index in [2.05, 4.69) is 15.9 Å². The zero-order chi connectivity index (χ0) is 11.7. The van der Waals surface area contributed by atoms with Gasteiger partial charge in [-0.3, -0.25) is 0 Å². The van der Waals surface area contributed by atoms with Gasteiger partial charge >= 0.3 is 0 Å². The standard InChI is InChI=1S/C11H7BrClFO2/c12-6-3-4-7(14)9(10(6)13)11(15)8-2-1-5-16-8/h1-5,11,15H. The van der Waals surface area contributed by atoms with E-state index in [-0.39, 0.29) is 16.3 Å². The molecule has 5 heteroatoms. The molecule has 0 fully saturated rings.